The lowest BCUT2D eigenvalue weighted by Gasteiger charge is -2.14. The number of nitrogens with one attached hydrogen (secondary N) is 1. The van der Waals surface area contributed by atoms with E-state index in [1.807, 2.05) is 4.72 Å². The van der Waals surface area contributed by atoms with Crippen LogP contribution in [0, 0.1) is 17.5 Å². The van der Waals surface area contributed by atoms with Crippen molar-refractivity contribution in [1.29, 1.82) is 0 Å². The van der Waals surface area contributed by atoms with E-state index in [1.54, 1.807) is 0 Å². The Morgan fingerprint density at radius 3 is 2.26 bits per heavy atom. The van der Waals surface area contributed by atoms with Crippen LogP contribution in [0.3, 0.4) is 0 Å². The average Bonchev–Trinajstić information content (AvgIpc) is 2.44. The molecule has 0 saturated carbocycles. The van der Waals surface area contributed by atoms with E-state index in [-0.39, 0.29) is 5.56 Å². The Morgan fingerprint density at radius 1 is 1.04 bits per heavy atom. The molecular weight excluding hydrogens is 331 g/mol. The standard InChI is InChI=1S/C15H14F3NO3S/c16-11-4-1-3-10(7-11)9-23(21,22)19-8-14(20)15-12(17)5-2-6-13(15)18/h1-7,14,19-20H,8-9H2. The molecule has 0 bridgehead atoms. The van der Waals surface area contributed by atoms with Gasteiger partial charge in [-0.15, -0.1) is 0 Å². The summed E-state index contributed by atoms with van der Waals surface area (Å²) in [7, 11) is -3.90. The van der Waals surface area contributed by atoms with Gasteiger partial charge in [0.15, 0.2) is 0 Å². The van der Waals surface area contributed by atoms with Crippen molar-refractivity contribution in [2.24, 2.45) is 0 Å². The molecule has 0 radical (unpaired) electrons. The van der Waals surface area contributed by atoms with Gasteiger partial charge in [0.2, 0.25) is 10.0 Å². The number of hydrogen-bond acceptors (Lipinski definition) is 3. The Morgan fingerprint density at radius 2 is 1.65 bits per heavy atom. The fourth-order valence-corrected chi connectivity index (χ4v) is 3.17. The smallest absolute Gasteiger partial charge is 0.215 e. The number of sulfonamides is 1. The molecule has 0 spiro atoms. The molecule has 2 rings (SSSR count). The molecule has 2 aromatic rings. The minimum Gasteiger partial charge on any atom is -0.387 e. The Labute approximate surface area is 131 Å². The summed E-state index contributed by atoms with van der Waals surface area (Å²) in [5.41, 5.74) is -0.398. The van der Waals surface area contributed by atoms with Gasteiger partial charge in [-0.2, -0.15) is 0 Å². The van der Waals surface area contributed by atoms with E-state index < -0.39 is 51.4 Å². The minimum absolute atomic E-state index is 0.212. The highest BCUT2D eigenvalue weighted by atomic mass is 32.2. The van der Waals surface area contributed by atoms with Crippen LogP contribution in [0.5, 0.6) is 0 Å². The van der Waals surface area contributed by atoms with E-state index in [0.29, 0.717) is 0 Å². The van der Waals surface area contributed by atoms with E-state index in [1.165, 1.54) is 18.2 Å². The summed E-state index contributed by atoms with van der Waals surface area (Å²) in [5, 5.41) is 9.79. The first-order chi connectivity index (χ1) is 10.8. The summed E-state index contributed by atoms with van der Waals surface area (Å²) in [5.74, 6) is -3.04. The number of rotatable bonds is 6. The molecule has 1 unspecified atom stereocenters. The van der Waals surface area contributed by atoms with Crippen molar-refractivity contribution < 1.29 is 26.7 Å². The van der Waals surface area contributed by atoms with Crippen LogP contribution in [0.25, 0.3) is 0 Å². The molecule has 0 fully saturated rings. The molecule has 8 heteroatoms. The SMILES string of the molecule is O=S(=O)(Cc1cccc(F)c1)NCC(O)c1c(F)cccc1F. The predicted molar refractivity (Wildman–Crippen MR) is 78.3 cm³/mol. The summed E-state index contributed by atoms with van der Waals surface area (Å²) in [4.78, 5) is 0. The zero-order valence-corrected chi connectivity index (χ0v) is 12.7. The molecular formula is C15H14F3NO3S. The molecule has 0 aliphatic heterocycles. The lowest BCUT2D eigenvalue weighted by atomic mass is 10.1. The monoisotopic (exact) mass is 345 g/mol. The third-order valence-corrected chi connectivity index (χ3v) is 4.40. The van der Waals surface area contributed by atoms with Gasteiger partial charge in [-0.1, -0.05) is 18.2 Å². The third kappa shape index (κ3) is 4.78. The number of hydrogen-bond donors (Lipinski definition) is 2. The number of aliphatic hydroxyl groups excluding tert-OH is 1. The highest BCUT2D eigenvalue weighted by Crippen LogP contribution is 2.20. The molecule has 23 heavy (non-hydrogen) atoms. The molecule has 124 valence electrons. The van der Waals surface area contributed by atoms with Crippen LogP contribution in [0.15, 0.2) is 42.5 Å². The van der Waals surface area contributed by atoms with Crippen LogP contribution in [-0.2, 0) is 15.8 Å². The lowest BCUT2D eigenvalue weighted by Crippen LogP contribution is -2.30. The molecule has 0 aliphatic rings. The van der Waals surface area contributed by atoms with Gasteiger partial charge < -0.3 is 5.11 Å². The van der Waals surface area contributed by atoms with Gasteiger partial charge in [0, 0.05) is 6.54 Å². The van der Waals surface area contributed by atoms with Crippen molar-refractivity contribution in [3.63, 3.8) is 0 Å². The Kier molecular flexibility index (Phi) is 5.40. The highest BCUT2D eigenvalue weighted by Gasteiger charge is 2.20. The van der Waals surface area contributed by atoms with Crippen LogP contribution in [-0.4, -0.2) is 20.1 Å². The second kappa shape index (κ2) is 7.12. The first-order valence-corrected chi connectivity index (χ1v) is 8.27. The second-order valence-corrected chi connectivity index (χ2v) is 6.70. The van der Waals surface area contributed by atoms with Crippen LogP contribution in [0.4, 0.5) is 13.2 Å². The summed E-state index contributed by atoms with van der Waals surface area (Å²) >= 11 is 0. The van der Waals surface area contributed by atoms with Crippen LogP contribution in [0.1, 0.15) is 17.2 Å². The molecule has 1 atom stereocenters. The van der Waals surface area contributed by atoms with Crippen LogP contribution in [0.2, 0.25) is 0 Å². The second-order valence-electron chi connectivity index (χ2n) is 4.89. The van der Waals surface area contributed by atoms with Gasteiger partial charge >= 0.3 is 0 Å². The molecule has 0 aromatic heterocycles. The number of aliphatic hydroxyl groups is 1. The van der Waals surface area contributed by atoms with Gasteiger partial charge in [0.1, 0.15) is 17.5 Å². The van der Waals surface area contributed by atoms with Crippen molar-refractivity contribution in [2.45, 2.75) is 11.9 Å². The maximum Gasteiger partial charge on any atom is 0.215 e. The first kappa shape index (κ1) is 17.5. The third-order valence-electron chi connectivity index (χ3n) is 3.08. The minimum atomic E-state index is -3.90. The molecule has 2 N–H and O–H groups in total. The zero-order valence-electron chi connectivity index (χ0n) is 11.8. The average molecular weight is 345 g/mol. The fraction of sp³-hybridized carbons (Fsp3) is 0.200. The van der Waals surface area contributed by atoms with E-state index in [2.05, 4.69) is 0 Å². The predicted octanol–water partition coefficient (Wildman–Crippen LogP) is 2.26. The summed E-state index contributed by atoms with van der Waals surface area (Å²) in [6, 6.07) is 8.08. The van der Waals surface area contributed by atoms with Crippen molar-refractivity contribution >= 4 is 10.0 Å². The summed E-state index contributed by atoms with van der Waals surface area (Å²) in [6.07, 6.45) is -1.68. The highest BCUT2D eigenvalue weighted by molar-refractivity contribution is 7.88. The fourth-order valence-electron chi connectivity index (χ4n) is 2.03. The van der Waals surface area contributed by atoms with Gasteiger partial charge in [0.05, 0.1) is 17.4 Å². The molecule has 0 heterocycles. The topological polar surface area (TPSA) is 66.4 Å². The normalized spacial score (nSPS) is 13.0. The van der Waals surface area contributed by atoms with Crippen LogP contribution < -0.4 is 4.72 Å². The van der Waals surface area contributed by atoms with E-state index >= 15 is 0 Å². The Hall–Kier alpha value is -1.90. The summed E-state index contributed by atoms with van der Waals surface area (Å²) in [6.45, 7) is -0.602. The van der Waals surface area contributed by atoms with Gasteiger partial charge in [-0.3, -0.25) is 0 Å². The van der Waals surface area contributed by atoms with E-state index in [9.17, 15) is 26.7 Å². The van der Waals surface area contributed by atoms with Gasteiger partial charge in [-0.05, 0) is 29.8 Å². The first-order valence-electron chi connectivity index (χ1n) is 6.62. The summed E-state index contributed by atoms with van der Waals surface area (Å²) < 4.78 is 65.8. The Balaban J connectivity index is 2.04. The molecule has 2 aromatic carbocycles. The van der Waals surface area contributed by atoms with Crippen molar-refractivity contribution in [3.05, 3.63) is 71.0 Å². The van der Waals surface area contributed by atoms with Gasteiger partial charge in [-0.25, -0.2) is 26.3 Å². The van der Waals surface area contributed by atoms with E-state index in [4.69, 9.17) is 0 Å². The van der Waals surface area contributed by atoms with Gasteiger partial charge in [0.25, 0.3) is 0 Å². The van der Waals surface area contributed by atoms with E-state index in [0.717, 1.165) is 24.3 Å². The largest absolute Gasteiger partial charge is 0.387 e. The van der Waals surface area contributed by atoms with Crippen LogP contribution >= 0.6 is 0 Å². The van der Waals surface area contributed by atoms with Crippen molar-refractivity contribution in [1.82, 2.24) is 4.72 Å². The Bertz CT molecular complexity index is 776. The molecule has 0 amide bonds. The lowest BCUT2D eigenvalue weighted by molar-refractivity contribution is 0.172. The molecule has 0 aliphatic carbocycles. The number of benzene rings is 2. The van der Waals surface area contributed by atoms with Crippen molar-refractivity contribution in [2.75, 3.05) is 6.54 Å². The molecule has 0 saturated heterocycles. The maximum absolute atomic E-state index is 13.5. The molecule has 4 nitrogen and oxygen atoms in total. The quantitative estimate of drug-likeness (QED) is 0.844. The van der Waals surface area contributed by atoms with Crippen molar-refractivity contribution in [3.8, 4) is 0 Å². The number of halogens is 3. The maximum atomic E-state index is 13.5. The zero-order chi connectivity index (χ0) is 17.0.